The predicted molar refractivity (Wildman–Crippen MR) is 98.3 cm³/mol. The number of hydrogen-bond acceptors (Lipinski definition) is 4. The molecule has 5 nitrogen and oxygen atoms in total. The third-order valence-corrected chi connectivity index (χ3v) is 5.12. The Morgan fingerprint density at radius 1 is 1.11 bits per heavy atom. The van der Waals surface area contributed by atoms with Gasteiger partial charge in [-0.3, -0.25) is 4.79 Å². The number of anilines is 1. The summed E-state index contributed by atoms with van der Waals surface area (Å²) in [5.74, 6) is -1.96. The van der Waals surface area contributed by atoms with Crippen molar-refractivity contribution >= 4 is 37.4 Å². The fourth-order valence-electron chi connectivity index (χ4n) is 2.16. The van der Waals surface area contributed by atoms with Crippen molar-refractivity contribution in [2.24, 2.45) is 0 Å². The molecule has 0 spiro atoms. The molecule has 2 rings (SSSR count). The number of carbonyl (C=O) groups excluding carboxylic acids is 1. The zero-order chi connectivity index (χ0) is 20.1. The van der Waals surface area contributed by atoms with Gasteiger partial charge in [-0.15, -0.1) is 0 Å². The highest BCUT2D eigenvalue weighted by Crippen LogP contribution is 2.21. The molecule has 0 aliphatic heterocycles. The lowest BCUT2D eigenvalue weighted by Gasteiger charge is -2.11. The molecule has 146 valence electrons. The minimum Gasteiger partial charge on any atom is -0.484 e. The molecule has 27 heavy (non-hydrogen) atoms. The van der Waals surface area contributed by atoms with Crippen molar-refractivity contribution in [2.45, 2.75) is 11.9 Å². The Labute approximate surface area is 162 Å². The number of sulfone groups is 1. The van der Waals surface area contributed by atoms with Crippen LogP contribution < -0.4 is 10.1 Å². The summed E-state index contributed by atoms with van der Waals surface area (Å²) in [4.78, 5) is 12.0. The minimum absolute atomic E-state index is 0.0953. The first-order valence-electron chi connectivity index (χ1n) is 7.57. The third-order valence-electron chi connectivity index (χ3n) is 3.15. The van der Waals surface area contributed by atoms with Crippen molar-refractivity contribution in [3.05, 3.63) is 58.6 Å². The molecule has 0 bridgehead atoms. The van der Waals surface area contributed by atoms with Crippen LogP contribution >= 0.6 is 15.9 Å². The van der Waals surface area contributed by atoms with Gasteiger partial charge in [0.1, 0.15) is 11.5 Å². The fourth-order valence-corrected chi connectivity index (χ4v) is 3.87. The second-order valence-electron chi connectivity index (χ2n) is 5.64. The van der Waals surface area contributed by atoms with Crippen LogP contribution in [-0.4, -0.2) is 32.9 Å². The normalized spacial score (nSPS) is 11.9. The average molecular weight is 466 g/mol. The summed E-state index contributed by atoms with van der Waals surface area (Å²) >= 11 is 3.24. The minimum atomic E-state index is -4.49. The van der Waals surface area contributed by atoms with Gasteiger partial charge in [0.2, 0.25) is 5.91 Å². The highest BCUT2D eigenvalue weighted by Gasteiger charge is 2.28. The lowest BCUT2D eigenvalue weighted by atomic mass is 10.2. The number of ether oxygens (including phenoxy) is 1. The summed E-state index contributed by atoms with van der Waals surface area (Å²) in [6.45, 7) is -1.47. The molecule has 0 atom stereocenters. The highest BCUT2D eigenvalue weighted by molar-refractivity contribution is 9.10. The molecular formula is C17H15BrF3NO4S. The van der Waals surface area contributed by atoms with Gasteiger partial charge in [0.05, 0.1) is 5.75 Å². The van der Waals surface area contributed by atoms with E-state index in [9.17, 15) is 26.4 Å². The van der Waals surface area contributed by atoms with E-state index >= 15 is 0 Å². The SMILES string of the molecule is O=C(CS(=O)(=O)Cc1cccc(Br)c1)Nc1cccc(OCC(F)(F)F)c1. The largest absolute Gasteiger partial charge is 0.484 e. The van der Waals surface area contributed by atoms with Gasteiger partial charge in [-0.2, -0.15) is 13.2 Å². The van der Waals surface area contributed by atoms with Gasteiger partial charge < -0.3 is 10.1 Å². The van der Waals surface area contributed by atoms with Crippen LogP contribution in [0.1, 0.15) is 5.56 Å². The number of nitrogens with one attached hydrogen (secondary N) is 1. The lowest BCUT2D eigenvalue weighted by molar-refractivity contribution is -0.153. The predicted octanol–water partition coefficient (Wildman–Crippen LogP) is 3.94. The number of rotatable bonds is 7. The lowest BCUT2D eigenvalue weighted by Crippen LogP contribution is -2.24. The van der Waals surface area contributed by atoms with Crippen LogP contribution in [0, 0.1) is 0 Å². The number of carbonyl (C=O) groups is 1. The second kappa shape index (κ2) is 8.75. The molecule has 0 aromatic heterocycles. The fraction of sp³-hybridized carbons (Fsp3) is 0.235. The summed E-state index contributed by atoms with van der Waals surface area (Å²) in [6.07, 6.45) is -4.49. The Hall–Kier alpha value is -2.07. The molecular weight excluding hydrogens is 451 g/mol. The van der Waals surface area contributed by atoms with Gasteiger partial charge in [-0.05, 0) is 29.8 Å². The summed E-state index contributed by atoms with van der Waals surface area (Å²) in [5.41, 5.74) is 0.664. The molecule has 1 N–H and O–H groups in total. The van der Waals surface area contributed by atoms with Gasteiger partial charge >= 0.3 is 6.18 Å². The Bertz CT molecular complexity index is 916. The van der Waals surface area contributed by atoms with E-state index < -0.39 is 34.3 Å². The zero-order valence-corrected chi connectivity index (χ0v) is 16.2. The van der Waals surface area contributed by atoms with Crippen molar-refractivity contribution in [3.63, 3.8) is 0 Å². The molecule has 0 aliphatic carbocycles. The quantitative estimate of drug-likeness (QED) is 0.671. The van der Waals surface area contributed by atoms with Crippen LogP contribution in [0.15, 0.2) is 53.0 Å². The topological polar surface area (TPSA) is 72.5 Å². The zero-order valence-electron chi connectivity index (χ0n) is 13.8. The Balaban J connectivity index is 1.96. The van der Waals surface area contributed by atoms with E-state index in [1.54, 1.807) is 24.3 Å². The standard InChI is InChI=1S/C17H15BrF3NO4S/c18-13-4-1-3-12(7-13)9-27(24,25)10-16(23)22-14-5-2-6-15(8-14)26-11-17(19,20)21/h1-8H,9-11H2,(H,22,23). The van der Waals surface area contributed by atoms with Crippen LogP contribution in [-0.2, 0) is 20.4 Å². The van der Waals surface area contributed by atoms with Crippen LogP contribution in [0.4, 0.5) is 18.9 Å². The molecule has 0 saturated heterocycles. The number of alkyl halides is 3. The molecule has 0 aliphatic rings. The van der Waals surface area contributed by atoms with Gasteiger partial charge in [-0.25, -0.2) is 8.42 Å². The number of amides is 1. The summed E-state index contributed by atoms with van der Waals surface area (Å²) in [5, 5.41) is 2.34. The first-order valence-corrected chi connectivity index (χ1v) is 10.2. The molecule has 0 saturated carbocycles. The molecule has 0 unspecified atom stereocenters. The second-order valence-corrected chi connectivity index (χ2v) is 8.62. The first-order chi connectivity index (χ1) is 12.5. The van der Waals surface area contributed by atoms with Gasteiger partial charge in [0.15, 0.2) is 16.4 Å². The van der Waals surface area contributed by atoms with E-state index in [2.05, 4.69) is 26.0 Å². The van der Waals surface area contributed by atoms with E-state index in [0.29, 0.717) is 5.56 Å². The van der Waals surface area contributed by atoms with Crippen molar-refractivity contribution in [1.82, 2.24) is 0 Å². The van der Waals surface area contributed by atoms with Gasteiger partial charge in [0, 0.05) is 16.2 Å². The molecule has 2 aromatic carbocycles. The molecule has 0 radical (unpaired) electrons. The van der Waals surface area contributed by atoms with Crippen LogP contribution in [0.25, 0.3) is 0 Å². The van der Waals surface area contributed by atoms with Crippen LogP contribution in [0.3, 0.4) is 0 Å². The Morgan fingerprint density at radius 2 is 1.81 bits per heavy atom. The molecule has 10 heteroatoms. The van der Waals surface area contributed by atoms with Crippen LogP contribution in [0.2, 0.25) is 0 Å². The maximum atomic E-state index is 12.2. The maximum Gasteiger partial charge on any atom is 0.422 e. The smallest absolute Gasteiger partial charge is 0.422 e. The van der Waals surface area contributed by atoms with Crippen LogP contribution in [0.5, 0.6) is 5.75 Å². The monoisotopic (exact) mass is 465 g/mol. The Kier molecular flexibility index (Phi) is 6.88. The number of hydrogen-bond donors (Lipinski definition) is 1. The van der Waals surface area contributed by atoms with Crippen molar-refractivity contribution in [2.75, 3.05) is 17.7 Å². The average Bonchev–Trinajstić information content (AvgIpc) is 2.51. The molecule has 0 heterocycles. The number of benzene rings is 2. The summed E-state index contributed by atoms with van der Waals surface area (Å²) in [7, 11) is -3.72. The highest BCUT2D eigenvalue weighted by atomic mass is 79.9. The summed E-state index contributed by atoms with van der Waals surface area (Å²) in [6, 6.07) is 12.0. The summed E-state index contributed by atoms with van der Waals surface area (Å²) < 4.78 is 66.2. The van der Waals surface area contributed by atoms with Gasteiger partial charge in [0.25, 0.3) is 0 Å². The van der Waals surface area contributed by atoms with Gasteiger partial charge in [-0.1, -0.05) is 34.1 Å². The number of halogens is 4. The molecule has 2 aromatic rings. The van der Waals surface area contributed by atoms with E-state index in [1.807, 2.05) is 0 Å². The molecule has 0 fully saturated rings. The van der Waals surface area contributed by atoms with Crippen molar-refractivity contribution < 1.29 is 31.1 Å². The van der Waals surface area contributed by atoms with E-state index in [4.69, 9.17) is 0 Å². The maximum absolute atomic E-state index is 12.2. The first kappa shape index (κ1) is 21.2. The van der Waals surface area contributed by atoms with E-state index in [-0.39, 0.29) is 17.2 Å². The van der Waals surface area contributed by atoms with E-state index in [0.717, 1.165) is 4.47 Å². The van der Waals surface area contributed by atoms with Crippen molar-refractivity contribution in [1.29, 1.82) is 0 Å². The molecule has 1 amide bonds. The third kappa shape index (κ3) is 8.00. The Morgan fingerprint density at radius 3 is 2.48 bits per heavy atom. The van der Waals surface area contributed by atoms with Crippen molar-refractivity contribution in [3.8, 4) is 5.75 Å². The van der Waals surface area contributed by atoms with E-state index in [1.165, 1.54) is 24.3 Å².